The van der Waals surface area contributed by atoms with Gasteiger partial charge in [-0.1, -0.05) is 19.1 Å². The summed E-state index contributed by atoms with van der Waals surface area (Å²) in [7, 11) is 0. The number of rotatable bonds is 7. The van der Waals surface area contributed by atoms with Gasteiger partial charge in [-0.15, -0.1) is 0 Å². The lowest BCUT2D eigenvalue weighted by molar-refractivity contribution is -0.138. The average molecular weight is 400 g/mol. The summed E-state index contributed by atoms with van der Waals surface area (Å²) in [5.41, 5.74) is 0.902. The molecule has 152 valence electrons. The number of carbonyl (C=O) groups is 2. The standard InChI is InChI=1S/C22H22F2N2O3/c1-4-11-29-16-8-5-14(6-9-16)19-20(22(28)26(13(2)3)21(19)27)25-15-7-10-17(23)18(24)12-15/h5-10,12-13,25H,4,11H2,1-3H3. The predicted octanol–water partition coefficient (Wildman–Crippen LogP) is 4.35. The van der Waals surface area contributed by atoms with Gasteiger partial charge < -0.3 is 10.1 Å². The fraction of sp³-hybridized carbons (Fsp3) is 0.273. The molecule has 0 saturated carbocycles. The molecule has 7 heteroatoms. The van der Waals surface area contributed by atoms with Crippen molar-refractivity contribution in [1.29, 1.82) is 0 Å². The number of nitrogens with one attached hydrogen (secondary N) is 1. The smallest absolute Gasteiger partial charge is 0.278 e. The molecule has 0 atom stereocenters. The lowest BCUT2D eigenvalue weighted by Gasteiger charge is -2.19. The van der Waals surface area contributed by atoms with Crippen molar-refractivity contribution < 1.29 is 23.1 Å². The van der Waals surface area contributed by atoms with Crippen LogP contribution in [0.1, 0.15) is 32.8 Å². The van der Waals surface area contributed by atoms with E-state index in [1.165, 1.54) is 6.07 Å². The molecule has 0 unspecified atom stereocenters. The minimum Gasteiger partial charge on any atom is -0.494 e. The minimum atomic E-state index is -1.05. The van der Waals surface area contributed by atoms with Crippen molar-refractivity contribution in [3.8, 4) is 5.75 Å². The second-order valence-corrected chi connectivity index (χ2v) is 6.95. The maximum absolute atomic E-state index is 13.6. The number of carbonyl (C=O) groups excluding carboxylic acids is 2. The van der Waals surface area contributed by atoms with Crippen molar-refractivity contribution in [1.82, 2.24) is 4.90 Å². The fourth-order valence-electron chi connectivity index (χ4n) is 3.06. The molecule has 3 rings (SSSR count). The number of imide groups is 1. The van der Waals surface area contributed by atoms with E-state index in [0.29, 0.717) is 17.9 Å². The van der Waals surface area contributed by atoms with Crippen molar-refractivity contribution >= 4 is 23.1 Å². The molecule has 29 heavy (non-hydrogen) atoms. The molecule has 2 aromatic rings. The molecule has 5 nitrogen and oxygen atoms in total. The highest BCUT2D eigenvalue weighted by molar-refractivity contribution is 6.36. The van der Waals surface area contributed by atoms with E-state index in [2.05, 4.69) is 5.32 Å². The molecule has 1 N–H and O–H groups in total. The second kappa shape index (κ2) is 8.43. The zero-order valence-electron chi connectivity index (χ0n) is 16.5. The van der Waals surface area contributed by atoms with Crippen LogP contribution in [0.5, 0.6) is 5.75 Å². The molecule has 0 fully saturated rings. The lowest BCUT2D eigenvalue weighted by atomic mass is 10.0. The molecular weight excluding hydrogens is 378 g/mol. The first kappa shape index (κ1) is 20.5. The van der Waals surface area contributed by atoms with Crippen molar-refractivity contribution in [3.05, 3.63) is 65.4 Å². The summed E-state index contributed by atoms with van der Waals surface area (Å²) in [4.78, 5) is 27.0. The van der Waals surface area contributed by atoms with Crippen LogP contribution in [0.3, 0.4) is 0 Å². The zero-order valence-corrected chi connectivity index (χ0v) is 16.5. The van der Waals surface area contributed by atoms with Gasteiger partial charge >= 0.3 is 0 Å². The molecule has 0 bridgehead atoms. The summed E-state index contributed by atoms with van der Waals surface area (Å²) in [6, 6.07) is 9.69. The average Bonchev–Trinajstić information content (AvgIpc) is 2.93. The van der Waals surface area contributed by atoms with E-state index < -0.39 is 23.4 Å². The highest BCUT2D eigenvalue weighted by atomic mass is 19.2. The number of amides is 2. The van der Waals surface area contributed by atoms with Crippen LogP contribution in [0, 0.1) is 11.6 Å². The van der Waals surface area contributed by atoms with E-state index in [1.54, 1.807) is 38.1 Å². The van der Waals surface area contributed by atoms with Crippen LogP contribution >= 0.6 is 0 Å². The Morgan fingerprint density at radius 2 is 1.69 bits per heavy atom. The van der Waals surface area contributed by atoms with Gasteiger partial charge in [-0.3, -0.25) is 14.5 Å². The first-order chi connectivity index (χ1) is 13.8. The maximum atomic E-state index is 13.6. The highest BCUT2D eigenvalue weighted by Gasteiger charge is 2.40. The van der Waals surface area contributed by atoms with Crippen molar-refractivity contribution in [2.75, 3.05) is 11.9 Å². The van der Waals surface area contributed by atoms with E-state index in [-0.39, 0.29) is 23.0 Å². The Kier molecular flexibility index (Phi) is 5.96. The second-order valence-electron chi connectivity index (χ2n) is 6.95. The summed E-state index contributed by atoms with van der Waals surface area (Å²) in [6.07, 6.45) is 0.867. The molecule has 2 amide bonds. The SMILES string of the molecule is CCCOc1ccc(C2=C(Nc3ccc(F)c(F)c3)C(=O)N(C(C)C)C2=O)cc1. The van der Waals surface area contributed by atoms with E-state index in [0.717, 1.165) is 23.5 Å². The molecule has 1 aliphatic rings. The number of halogens is 2. The summed E-state index contributed by atoms with van der Waals surface area (Å²) < 4.78 is 32.4. The van der Waals surface area contributed by atoms with Gasteiger partial charge in [-0.05, 0) is 50.1 Å². The topological polar surface area (TPSA) is 58.6 Å². The monoisotopic (exact) mass is 400 g/mol. The lowest BCUT2D eigenvalue weighted by Crippen LogP contribution is -2.38. The quantitative estimate of drug-likeness (QED) is 0.702. The number of anilines is 1. The van der Waals surface area contributed by atoms with Gasteiger partial charge in [0.1, 0.15) is 11.4 Å². The zero-order chi connectivity index (χ0) is 21.1. The molecule has 1 heterocycles. The van der Waals surface area contributed by atoms with Crippen molar-refractivity contribution in [2.24, 2.45) is 0 Å². The van der Waals surface area contributed by atoms with Crippen LogP contribution in [0.15, 0.2) is 48.2 Å². The fourth-order valence-corrected chi connectivity index (χ4v) is 3.06. The Labute approximate surface area is 168 Å². The number of nitrogens with zero attached hydrogens (tertiary/aromatic N) is 1. The van der Waals surface area contributed by atoms with Gasteiger partial charge in [0.2, 0.25) is 0 Å². The Bertz CT molecular complexity index is 969. The first-order valence-corrected chi connectivity index (χ1v) is 9.41. The van der Waals surface area contributed by atoms with E-state index in [4.69, 9.17) is 4.74 Å². The summed E-state index contributed by atoms with van der Waals surface area (Å²) in [5.74, 6) is -2.35. The van der Waals surface area contributed by atoms with E-state index in [1.807, 2.05) is 6.92 Å². The molecule has 2 aromatic carbocycles. The Morgan fingerprint density at radius 3 is 2.28 bits per heavy atom. The van der Waals surface area contributed by atoms with Crippen LogP contribution < -0.4 is 10.1 Å². The third-order valence-electron chi connectivity index (χ3n) is 4.44. The molecule has 0 radical (unpaired) electrons. The van der Waals surface area contributed by atoms with Crippen molar-refractivity contribution in [3.63, 3.8) is 0 Å². The normalized spacial score (nSPS) is 14.2. The highest BCUT2D eigenvalue weighted by Crippen LogP contribution is 2.32. The Balaban J connectivity index is 2.02. The molecule has 1 aliphatic heterocycles. The number of benzene rings is 2. The van der Waals surface area contributed by atoms with Gasteiger partial charge in [0.05, 0.1) is 12.2 Å². The third-order valence-corrected chi connectivity index (χ3v) is 4.44. The predicted molar refractivity (Wildman–Crippen MR) is 106 cm³/mol. The van der Waals surface area contributed by atoms with Gasteiger partial charge in [0.15, 0.2) is 11.6 Å². The Morgan fingerprint density at radius 1 is 1.00 bits per heavy atom. The van der Waals surface area contributed by atoms with Gasteiger partial charge in [-0.2, -0.15) is 0 Å². The number of ether oxygens (including phenoxy) is 1. The van der Waals surface area contributed by atoms with Crippen LogP contribution in [0.2, 0.25) is 0 Å². The summed E-state index contributed by atoms with van der Waals surface area (Å²) >= 11 is 0. The number of hydrogen-bond acceptors (Lipinski definition) is 4. The van der Waals surface area contributed by atoms with Crippen LogP contribution in [-0.2, 0) is 9.59 Å². The third kappa shape index (κ3) is 4.13. The van der Waals surface area contributed by atoms with Crippen LogP contribution in [-0.4, -0.2) is 29.4 Å². The number of hydrogen-bond donors (Lipinski definition) is 1. The van der Waals surface area contributed by atoms with Crippen LogP contribution in [0.25, 0.3) is 5.57 Å². The van der Waals surface area contributed by atoms with E-state index >= 15 is 0 Å². The molecule has 0 spiro atoms. The summed E-state index contributed by atoms with van der Waals surface area (Å²) in [6.45, 7) is 6.04. The minimum absolute atomic E-state index is 0.0249. The van der Waals surface area contributed by atoms with Gasteiger partial charge in [-0.25, -0.2) is 8.78 Å². The van der Waals surface area contributed by atoms with Crippen LogP contribution in [0.4, 0.5) is 14.5 Å². The van der Waals surface area contributed by atoms with Crippen molar-refractivity contribution in [2.45, 2.75) is 33.2 Å². The van der Waals surface area contributed by atoms with Gasteiger partial charge in [0.25, 0.3) is 11.8 Å². The largest absolute Gasteiger partial charge is 0.494 e. The van der Waals surface area contributed by atoms with Gasteiger partial charge in [0, 0.05) is 17.8 Å². The molecular formula is C22H22F2N2O3. The molecule has 0 aliphatic carbocycles. The molecule has 0 aromatic heterocycles. The first-order valence-electron chi connectivity index (χ1n) is 9.41. The molecule has 0 saturated heterocycles. The maximum Gasteiger partial charge on any atom is 0.278 e. The van der Waals surface area contributed by atoms with E-state index in [9.17, 15) is 18.4 Å². The summed E-state index contributed by atoms with van der Waals surface area (Å²) in [5, 5.41) is 2.80. The Hall–Kier alpha value is -3.22.